The Hall–Kier alpha value is -2.62. The molecule has 2 aromatic carbocycles. The summed E-state index contributed by atoms with van der Waals surface area (Å²) in [5.74, 6) is -0.266. The monoisotopic (exact) mass is 444 g/mol. The quantitative estimate of drug-likeness (QED) is 0.562. The third-order valence-electron chi connectivity index (χ3n) is 4.44. The molecular weight excluding hydrogens is 420 g/mol. The molecule has 9 heteroatoms. The zero-order valence-corrected chi connectivity index (χ0v) is 18.8. The van der Waals surface area contributed by atoms with E-state index in [1.165, 1.54) is 0 Å². The molecule has 3 rings (SSSR count). The van der Waals surface area contributed by atoms with Crippen LogP contribution < -0.4 is 10.0 Å². The van der Waals surface area contributed by atoms with Crippen molar-refractivity contribution in [2.24, 2.45) is 5.41 Å². The average Bonchev–Trinajstić information content (AvgIpc) is 3.16. The van der Waals surface area contributed by atoms with Crippen LogP contribution in [0.3, 0.4) is 0 Å². The minimum atomic E-state index is -3.98. The first kappa shape index (κ1) is 22.1. The van der Waals surface area contributed by atoms with Crippen LogP contribution >= 0.6 is 11.3 Å². The summed E-state index contributed by atoms with van der Waals surface area (Å²) < 4.78 is 28.7. The lowest BCUT2D eigenvalue weighted by molar-refractivity contribution is -0.123. The summed E-state index contributed by atoms with van der Waals surface area (Å²) in [6.45, 7) is 7.21. The SMILES string of the molecule is Cc1ccccc1C(NS(=O)(=O)c1nnc(NC(=O)C(C)(C)C)s1)c1ccccc1. The highest BCUT2D eigenvalue weighted by atomic mass is 32.2. The van der Waals surface area contributed by atoms with Crippen LogP contribution in [0.2, 0.25) is 0 Å². The maximum Gasteiger partial charge on any atom is 0.270 e. The Morgan fingerprint density at radius 1 is 1.00 bits per heavy atom. The lowest BCUT2D eigenvalue weighted by Gasteiger charge is -2.20. The Morgan fingerprint density at radius 3 is 2.27 bits per heavy atom. The number of aryl methyl sites for hydroxylation is 1. The van der Waals surface area contributed by atoms with Crippen molar-refractivity contribution in [3.05, 3.63) is 71.3 Å². The number of amides is 1. The van der Waals surface area contributed by atoms with Gasteiger partial charge in [-0.2, -0.15) is 4.72 Å². The van der Waals surface area contributed by atoms with Gasteiger partial charge in [-0.3, -0.25) is 4.79 Å². The number of hydrogen-bond acceptors (Lipinski definition) is 6. The van der Waals surface area contributed by atoms with E-state index in [1.54, 1.807) is 20.8 Å². The van der Waals surface area contributed by atoms with Crippen LogP contribution in [-0.4, -0.2) is 24.5 Å². The fourth-order valence-electron chi connectivity index (χ4n) is 2.73. The number of hydrogen-bond donors (Lipinski definition) is 2. The van der Waals surface area contributed by atoms with Crippen molar-refractivity contribution in [1.82, 2.24) is 14.9 Å². The summed E-state index contributed by atoms with van der Waals surface area (Å²) in [7, 11) is -3.98. The Balaban J connectivity index is 1.91. The minimum Gasteiger partial charge on any atom is -0.300 e. The number of carbonyl (C=O) groups excluding carboxylic acids is 1. The molecule has 0 radical (unpaired) electrons. The Morgan fingerprint density at radius 2 is 1.63 bits per heavy atom. The first-order valence-electron chi connectivity index (χ1n) is 9.36. The van der Waals surface area contributed by atoms with Crippen molar-refractivity contribution in [2.75, 3.05) is 5.32 Å². The summed E-state index contributed by atoms with van der Waals surface area (Å²) in [4.78, 5) is 12.1. The van der Waals surface area contributed by atoms with Crippen molar-refractivity contribution in [1.29, 1.82) is 0 Å². The zero-order chi connectivity index (χ0) is 21.9. The number of anilines is 1. The largest absolute Gasteiger partial charge is 0.300 e. The molecule has 3 aromatic rings. The molecule has 1 unspecified atom stereocenters. The van der Waals surface area contributed by atoms with Gasteiger partial charge in [0.05, 0.1) is 6.04 Å². The van der Waals surface area contributed by atoms with Gasteiger partial charge in [-0.05, 0) is 23.6 Å². The van der Waals surface area contributed by atoms with Gasteiger partial charge in [0.1, 0.15) is 0 Å². The van der Waals surface area contributed by atoms with Crippen molar-refractivity contribution in [3.63, 3.8) is 0 Å². The van der Waals surface area contributed by atoms with Gasteiger partial charge in [0, 0.05) is 5.41 Å². The van der Waals surface area contributed by atoms with E-state index in [4.69, 9.17) is 0 Å². The van der Waals surface area contributed by atoms with E-state index in [2.05, 4.69) is 20.2 Å². The van der Waals surface area contributed by atoms with E-state index in [-0.39, 0.29) is 15.4 Å². The predicted octanol–water partition coefficient (Wildman–Crippen LogP) is 3.90. The normalized spacial score (nSPS) is 13.1. The highest BCUT2D eigenvalue weighted by molar-refractivity contribution is 7.91. The van der Waals surface area contributed by atoms with Crippen molar-refractivity contribution in [2.45, 2.75) is 38.1 Å². The number of benzene rings is 2. The minimum absolute atomic E-state index is 0.141. The first-order valence-corrected chi connectivity index (χ1v) is 11.7. The number of nitrogens with zero attached hydrogens (tertiary/aromatic N) is 2. The molecule has 0 saturated carbocycles. The second-order valence-corrected chi connectivity index (χ2v) is 10.8. The van der Waals surface area contributed by atoms with Crippen LogP contribution in [0.15, 0.2) is 58.9 Å². The number of rotatable bonds is 6. The molecule has 1 heterocycles. The zero-order valence-electron chi connectivity index (χ0n) is 17.2. The molecule has 0 aliphatic heterocycles. The fraction of sp³-hybridized carbons (Fsp3) is 0.286. The number of sulfonamides is 1. The summed E-state index contributed by atoms with van der Waals surface area (Å²) in [6.07, 6.45) is 0. The summed E-state index contributed by atoms with van der Waals surface area (Å²) >= 11 is 0.816. The molecule has 0 bridgehead atoms. The van der Waals surface area contributed by atoms with Crippen LogP contribution in [0.5, 0.6) is 0 Å². The van der Waals surface area contributed by atoms with Crippen LogP contribution in [-0.2, 0) is 14.8 Å². The Kier molecular flexibility index (Phi) is 6.35. The van der Waals surface area contributed by atoms with E-state index >= 15 is 0 Å². The molecule has 7 nitrogen and oxygen atoms in total. The number of nitrogens with one attached hydrogen (secondary N) is 2. The van der Waals surface area contributed by atoms with E-state index in [0.717, 1.165) is 28.0 Å². The standard InChI is InChI=1S/C21H24N4O3S2/c1-14-10-8-9-13-16(14)17(15-11-6-5-7-12-15)25-30(27,28)20-24-23-19(29-20)22-18(26)21(2,3)4/h5-13,17,25H,1-4H3,(H,22,23,26). The summed E-state index contributed by atoms with van der Waals surface area (Å²) in [6, 6.07) is 16.4. The van der Waals surface area contributed by atoms with Gasteiger partial charge >= 0.3 is 0 Å². The molecule has 1 aromatic heterocycles. The lowest BCUT2D eigenvalue weighted by atomic mass is 9.96. The highest BCUT2D eigenvalue weighted by Crippen LogP contribution is 2.29. The summed E-state index contributed by atoms with van der Waals surface area (Å²) in [5, 5.41) is 10.4. The fourth-order valence-corrected chi connectivity index (χ4v) is 4.84. The molecule has 30 heavy (non-hydrogen) atoms. The van der Waals surface area contributed by atoms with Crippen molar-refractivity contribution < 1.29 is 13.2 Å². The van der Waals surface area contributed by atoms with Crippen LogP contribution in [0.25, 0.3) is 0 Å². The van der Waals surface area contributed by atoms with Gasteiger partial charge < -0.3 is 5.32 Å². The molecular formula is C21H24N4O3S2. The van der Waals surface area contributed by atoms with E-state index < -0.39 is 21.5 Å². The second-order valence-electron chi connectivity index (χ2n) is 7.90. The van der Waals surface area contributed by atoms with Gasteiger partial charge in [0.2, 0.25) is 15.4 Å². The molecule has 1 atom stereocenters. The number of carbonyl (C=O) groups is 1. The molecule has 0 saturated heterocycles. The molecule has 0 aliphatic carbocycles. The third kappa shape index (κ3) is 5.10. The smallest absolute Gasteiger partial charge is 0.270 e. The van der Waals surface area contributed by atoms with Crippen LogP contribution in [0.4, 0.5) is 5.13 Å². The van der Waals surface area contributed by atoms with Crippen LogP contribution in [0.1, 0.15) is 43.5 Å². The maximum absolute atomic E-state index is 13.1. The lowest BCUT2D eigenvalue weighted by Crippen LogP contribution is -2.30. The third-order valence-corrected chi connectivity index (χ3v) is 7.07. The van der Waals surface area contributed by atoms with Crippen molar-refractivity contribution >= 4 is 32.4 Å². The van der Waals surface area contributed by atoms with Crippen molar-refractivity contribution in [3.8, 4) is 0 Å². The maximum atomic E-state index is 13.1. The van der Waals surface area contributed by atoms with Crippen LogP contribution in [0, 0.1) is 12.3 Å². The molecule has 0 fully saturated rings. The predicted molar refractivity (Wildman–Crippen MR) is 118 cm³/mol. The first-order chi connectivity index (χ1) is 14.1. The summed E-state index contributed by atoms with van der Waals surface area (Å²) in [5.41, 5.74) is 1.98. The Bertz CT molecular complexity index is 1140. The molecule has 2 N–H and O–H groups in total. The Labute approximate surface area is 180 Å². The van der Waals surface area contributed by atoms with Gasteiger partial charge in [-0.25, -0.2) is 8.42 Å². The second kappa shape index (κ2) is 8.63. The van der Waals surface area contributed by atoms with E-state index in [1.807, 2.05) is 61.5 Å². The van der Waals surface area contributed by atoms with Gasteiger partial charge in [-0.15, -0.1) is 10.2 Å². The highest BCUT2D eigenvalue weighted by Gasteiger charge is 2.28. The molecule has 158 valence electrons. The molecule has 1 amide bonds. The van der Waals surface area contributed by atoms with Gasteiger partial charge in [-0.1, -0.05) is 86.7 Å². The van der Waals surface area contributed by atoms with E-state index in [0.29, 0.717) is 0 Å². The van der Waals surface area contributed by atoms with E-state index in [9.17, 15) is 13.2 Å². The molecule has 0 spiro atoms. The van der Waals surface area contributed by atoms with Gasteiger partial charge in [0.25, 0.3) is 10.0 Å². The molecule has 0 aliphatic rings. The van der Waals surface area contributed by atoms with Gasteiger partial charge in [0.15, 0.2) is 0 Å². The topological polar surface area (TPSA) is 101 Å². The average molecular weight is 445 g/mol. The number of aromatic nitrogens is 2.